The van der Waals surface area contributed by atoms with Crippen molar-refractivity contribution in [2.75, 3.05) is 6.61 Å². The minimum absolute atomic E-state index is 0.415. The van der Waals surface area contributed by atoms with E-state index in [-0.39, 0.29) is 0 Å². The van der Waals surface area contributed by atoms with Gasteiger partial charge in [0.1, 0.15) is 18.2 Å². The molecule has 90 valence electrons. The van der Waals surface area contributed by atoms with E-state index in [0.717, 1.165) is 18.0 Å². The highest BCUT2D eigenvalue weighted by molar-refractivity contribution is 6.28. The molecule has 0 unspecified atom stereocenters. The summed E-state index contributed by atoms with van der Waals surface area (Å²) in [6, 6.07) is 9.69. The third-order valence-electron chi connectivity index (χ3n) is 2.43. The minimum Gasteiger partial charge on any atom is -0.492 e. The highest BCUT2D eigenvalue weighted by Gasteiger charge is 2.07. The second-order valence-corrected chi connectivity index (χ2v) is 3.89. The van der Waals surface area contributed by atoms with E-state index in [1.165, 1.54) is 0 Å². The summed E-state index contributed by atoms with van der Waals surface area (Å²) in [5, 5.41) is 8.24. The molecule has 4 nitrogen and oxygen atoms in total. The molecule has 1 aromatic carbocycles. The third-order valence-corrected chi connectivity index (χ3v) is 2.70. The summed E-state index contributed by atoms with van der Waals surface area (Å²) >= 11 is 5.94. The van der Waals surface area contributed by atoms with Gasteiger partial charge in [-0.15, -0.1) is 10.2 Å². The molecule has 2 rings (SSSR count). The zero-order valence-corrected chi connectivity index (χ0v) is 10.4. The minimum atomic E-state index is 0.415. The Bertz CT molecular complexity index is 470. The molecule has 0 saturated heterocycles. The molecular weight excluding hydrogens is 238 g/mol. The number of hydrogen-bond acceptors (Lipinski definition) is 3. The number of benzene rings is 1. The Morgan fingerprint density at radius 2 is 2.00 bits per heavy atom. The van der Waals surface area contributed by atoms with E-state index in [0.29, 0.717) is 18.4 Å². The van der Waals surface area contributed by atoms with Crippen LogP contribution in [0.1, 0.15) is 12.7 Å². The number of rotatable bonds is 5. The molecule has 0 atom stereocenters. The zero-order chi connectivity index (χ0) is 12.1. The summed E-state index contributed by atoms with van der Waals surface area (Å²) in [4.78, 5) is 0. The topological polar surface area (TPSA) is 39.9 Å². The maximum atomic E-state index is 5.94. The molecule has 0 bridgehead atoms. The molecule has 0 aliphatic rings. The number of para-hydroxylation sites is 1. The lowest BCUT2D eigenvalue weighted by Gasteiger charge is -2.08. The molecule has 0 spiro atoms. The Balaban J connectivity index is 1.92. The lowest BCUT2D eigenvalue weighted by Crippen LogP contribution is -2.11. The van der Waals surface area contributed by atoms with Crippen LogP contribution in [0.4, 0.5) is 0 Å². The fourth-order valence-corrected chi connectivity index (χ4v) is 1.79. The highest BCUT2D eigenvalue weighted by Crippen LogP contribution is 2.11. The smallest absolute Gasteiger partial charge is 0.225 e. The van der Waals surface area contributed by atoms with Crippen molar-refractivity contribution < 1.29 is 4.74 Å². The molecule has 0 aliphatic carbocycles. The Morgan fingerprint density at radius 3 is 2.71 bits per heavy atom. The van der Waals surface area contributed by atoms with E-state index in [2.05, 4.69) is 10.2 Å². The summed E-state index contributed by atoms with van der Waals surface area (Å²) in [7, 11) is 0. The van der Waals surface area contributed by atoms with Crippen LogP contribution < -0.4 is 4.74 Å². The molecule has 1 aromatic heterocycles. The van der Waals surface area contributed by atoms with Gasteiger partial charge in [0.2, 0.25) is 5.28 Å². The first-order valence-corrected chi connectivity index (χ1v) is 5.94. The lowest BCUT2D eigenvalue weighted by molar-refractivity contribution is 0.296. The van der Waals surface area contributed by atoms with Crippen LogP contribution in [-0.4, -0.2) is 21.4 Å². The normalized spacial score (nSPS) is 10.5. The van der Waals surface area contributed by atoms with Crippen LogP contribution in [0.3, 0.4) is 0 Å². The summed E-state index contributed by atoms with van der Waals surface area (Å²) in [6.07, 6.45) is 0.811. The quantitative estimate of drug-likeness (QED) is 0.820. The predicted molar refractivity (Wildman–Crippen MR) is 66.3 cm³/mol. The van der Waals surface area contributed by atoms with Crippen molar-refractivity contribution in [3.05, 3.63) is 41.4 Å². The van der Waals surface area contributed by atoms with Gasteiger partial charge in [-0.05, 0) is 23.7 Å². The van der Waals surface area contributed by atoms with Gasteiger partial charge in [0, 0.05) is 6.42 Å². The molecular formula is C12H14ClN3O. The first kappa shape index (κ1) is 11.9. The first-order chi connectivity index (χ1) is 8.31. The Hall–Kier alpha value is -1.55. The number of halogens is 1. The van der Waals surface area contributed by atoms with E-state index in [1.807, 2.05) is 41.8 Å². The van der Waals surface area contributed by atoms with Crippen molar-refractivity contribution in [2.45, 2.75) is 19.9 Å². The van der Waals surface area contributed by atoms with Gasteiger partial charge in [-0.2, -0.15) is 0 Å². The fourth-order valence-electron chi connectivity index (χ4n) is 1.57. The Morgan fingerprint density at radius 1 is 1.24 bits per heavy atom. The third kappa shape index (κ3) is 2.97. The fraction of sp³-hybridized carbons (Fsp3) is 0.333. The van der Waals surface area contributed by atoms with Crippen molar-refractivity contribution in [1.29, 1.82) is 0 Å². The predicted octanol–water partition coefficient (Wildman–Crippen LogP) is 2.57. The number of aromatic nitrogens is 3. The molecule has 5 heteroatoms. The molecule has 1 heterocycles. The van der Waals surface area contributed by atoms with E-state index in [9.17, 15) is 0 Å². The van der Waals surface area contributed by atoms with Gasteiger partial charge in [-0.1, -0.05) is 25.1 Å². The van der Waals surface area contributed by atoms with Crippen molar-refractivity contribution in [3.8, 4) is 5.75 Å². The monoisotopic (exact) mass is 251 g/mol. The van der Waals surface area contributed by atoms with E-state index in [4.69, 9.17) is 16.3 Å². The second-order valence-electron chi connectivity index (χ2n) is 3.55. The average molecular weight is 252 g/mol. The van der Waals surface area contributed by atoms with Crippen LogP contribution in [0.25, 0.3) is 0 Å². The van der Waals surface area contributed by atoms with E-state index >= 15 is 0 Å². The number of nitrogens with zero attached hydrogens (tertiary/aromatic N) is 3. The largest absolute Gasteiger partial charge is 0.492 e. The van der Waals surface area contributed by atoms with Gasteiger partial charge in [0.15, 0.2) is 0 Å². The van der Waals surface area contributed by atoms with Crippen LogP contribution in [0.15, 0.2) is 30.3 Å². The van der Waals surface area contributed by atoms with Gasteiger partial charge in [-0.3, -0.25) is 4.57 Å². The highest BCUT2D eigenvalue weighted by atomic mass is 35.5. The second kappa shape index (κ2) is 5.68. The molecule has 0 aliphatic heterocycles. The molecule has 17 heavy (non-hydrogen) atoms. The van der Waals surface area contributed by atoms with Crippen LogP contribution in [-0.2, 0) is 13.0 Å². The standard InChI is InChI=1S/C12H14ClN3O/c1-2-11-14-15-12(13)16(11)8-9-17-10-6-4-3-5-7-10/h3-7H,2,8-9H2,1H3. The van der Waals surface area contributed by atoms with Crippen LogP contribution in [0.2, 0.25) is 5.28 Å². The maximum Gasteiger partial charge on any atom is 0.225 e. The summed E-state index contributed by atoms with van der Waals surface area (Å²) in [5.74, 6) is 1.74. The molecule has 0 amide bonds. The first-order valence-electron chi connectivity index (χ1n) is 5.56. The van der Waals surface area contributed by atoms with Gasteiger partial charge in [0.25, 0.3) is 0 Å². The van der Waals surface area contributed by atoms with Gasteiger partial charge in [0.05, 0.1) is 6.54 Å². The van der Waals surface area contributed by atoms with Crippen molar-refractivity contribution in [3.63, 3.8) is 0 Å². The maximum absolute atomic E-state index is 5.94. The van der Waals surface area contributed by atoms with Crippen molar-refractivity contribution >= 4 is 11.6 Å². The van der Waals surface area contributed by atoms with Crippen molar-refractivity contribution in [1.82, 2.24) is 14.8 Å². The zero-order valence-electron chi connectivity index (χ0n) is 9.64. The Kier molecular flexibility index (Phi) is 3.98. The molecule has 0 saturated carbocycles. The SMILES string of the molecule is CCc1nnc(Cl)n1CCOc1ccccc1. The average Bonchev–Trinajstić information content (AvgIpc) is 2.72. The number of aryl methyl sites for hydroxylation is 1. The molecule has 0 radical (unpaired) electrons. The van der Waals surface area contributed by atoms with Crippen LogP contribution in [0, 0.1) is 0 Å². The van der Waals surface area contributed by atoms with Crippen molar-refractivity contribution in [2.24, 2.45) is 0 Å². The molecule has 0 fully saturated rings. The summed E-state index contributed by atoms with van der Waals surface area (Å²) in [5.41, 5.74) is 0. The summed E-state index contributed by atoms with van der Waals surface area (Å²) in [6.45, 7) is 3.23. The molecule has 2 aromatic rings. The Labute approximate surface area is 105 Å². The lowest BCUT2D eigenvalue weighted by atomic mass is 10.3. The van der Waals surface area contributed by atoms with Crippen LogP contribution in [0.5, 0.6) is 5.75 Å². The van der Waals surface area contributed by atoms with Gasteiger partial charge in [-0.25, -0.2) is 0 Å². The number of hydrogen-bond donors (Lipinski definition) is 0. The molecule has 0 N–H and O–H groups in total. The van der Waals surface area contributed by atoms with Crippen LogP contribution >= 0.6 is 11.6 Å². The van der Waals surface area contributed by atoms with Gasteiger partial charge < -0.3 is 4.74 Å². The summed E-state index contributed by atoms with van der Waals surface area (Å²) < 4.78 is 7.46. The van der Waals surface area contributed by atoms with Gasteiger partial charge >= 0.3 is 0 Å². The van der Waals surface area contributed by atoms with E-state index in [1.54, 1.807) is 0 Å². The van der Waals surface area contributed by atoms with E-state index < -0.39 is 0 Å². The number of ether oxygens (including phenoxy) is 1.